The van der Waals surface area contributed by atoms with Gasteiger partial charge in [0.1, 0.15) is 6.04 Å². The van der Waals surface area contributed by atoms with E-state index in [0.717, 1.165) is 29.3 Å². The van der Waals surface area contributed by atoms with Gasteiger partial charge in [-0.05, 0) is 36.3 Å². The molecule has 1 saturated carbocycles. The van der Waals surface area contributed by atoms with Crippen molar-refractivity contribution in [1.29, 1.82) is 0 Å². The topological polar surface area (TPSA) is 106 Å². The number of rotatable bonds is 11. The molecule has 1 aliphatic rings. The lowest BCUT2D eigenvalue weighted by Gasteiger charge is -2.26. The molecule has 3 atom stereocenters. The van der Waals surface area contributed by atoms with E-state index < -0.39 is 12.1 Å². The molecule has 3 amide bonds. The van der Waals surface area contributed by atoms with Crippen molar-refractivity contribution in [3.8, 4) is 0 Å². The molecule has 1 fully saturated rings. The normalized spacial score (nSPS) is 17.3. The van der Waals surface area contributed by atoms with Gasteiger partial charge in [0.25, 0.3) is 0 Å². The molecule has 2 aromatic rings. The van der Waals surface area contributed by atoms with Gasteiger partial charge in [-0.3, -0.25) is 4.79 Å². The summed E-state index contributed by atoms with van der Waals surface area (Å²) in [7, 11) is 0. The number of urea groups is 1. The van der Waals surface area contributed by atoms with Gasteiger partial charge in [-0.25, -0.2) is 4.79 Å². The number of aromatic nitrogens is 1. The van der Waals surface area contributed by atoms with Gasteiger partial charge in [0, 0.05) is 23.6 Å². The first-order valence-electron chi connectivity index (χ1n) is 12.5. The van der Waals surface area contributed by atoms with Gasteiger partial charge in [-0.1, -0.05) is 70.6 Å². The lowest BCUT2D eigenvalue weighted by Crippen LogP contribution is -2.55. The Morgan fingerprint density at radius 2 is 1.91 bits per heavy atom. The molecule has 0 saturated heterocycles. The maximum Gasteiger partial charge on any atom is 0.315 e. The molecule has 3 rings (SSSR count). The number of carbonyl (C=O) groups excluding carboxylic acids is 2. The average molecular weight is 457 g/mol. The number of hydrogen-bond donors (Lipinski definition) is 5. The maximum atomic E-state index is 13.1. The van der Waals surface area contributed by atoms with Gasteiger partial charge in [0.2, 0.25) is 5.91 Å². The summed E-state index contributed by atoms with van der Waals surface area (Å²) in [6, 6.07) is 6.59. The number of fused-ring (bicyclic) bond motifs is 1. The van der Waals surface area contributed by atoms with Crippen molar-refractivity contribution < 1.29 is 14.7 Å². The molecule has 1 heterocycles. The Morgan fingerprint density at radius 3 is 2.64 bits per heavy atom. The highest BCUT2D eigenvalue weighted by Gasteiger charge is 2.28. The van der Waals surface area contributed by atoms with Crippen molar-refractivity contribution in [3.63, 3.8) is 0 Å². The standard InChI is InChI=1S/C26H40N4O3/c1-3-18(2)24(30-26(33)27-14-13-19-9-5-4-6-10-19)25(32)29-21(17-31)15-20-16-28-23-12-8-7-11-22(20)23/h7-8,11-12,16,18-19,21,24,28,31H,3-6,9-10,13-15,17H2,1-2H3,(H,29,32)(H2,27,30,33)/t18-,21-,24-/m0/s1. The number of benzene rings is 1. The number of nitrogens with one attached hydrogen (secondary N) is 4. The van der Waals surface area contributed by atoms with Gasteiger partial charge in [-0.2, -0.15) is 0 Å². The second kappa shape index (κ2) is 12.6. The fraction of sp³-hybridized carbons (Fsp3) is 0.615. The number of H-pyrrole nitrogens is 1. The minimum atomic E-state index is -0.651. The summed E-state index contributed by atoms with van der Waals surface area (Å²) >= 11 is 0. The van der Waals surface area contributed by atoms with Gasteiger partial charge in [0.15, 0.2) is 0 Å². The summed E-state index contributed by atoms with van der Waals surface area (Å²) in [6.07, 6.45) is 10.6. The van der Waals surface area contributed by atoms with E-state index in [1.165, 1.54) is 32.1 Å². The van der Waals surface area contributed by atoms with Crippen LogP contribution in [0.2, 0.25) is 0 Å². The van der Waals surface area contributed by atoms with E-state index in [1.807, 2.05) is 44.3 Å². The zero-order chi connectivity index (χ0) is 23.6. The SMILES string of the molecule is CC[C@H](C)[C@H](NC(=O)NCCC1CCCCC1)C(=O)N[C@H](CO)Cc1c[nH]c2ccccc12. The van der Waals surface area contributed by atoms with Gasteiger partial charge >= 0.3 is 6.03 Å². The van der Waals surface area contributed by atoms with Crippen LogP contribution in [-0.2, 0) is 11.2 Å². The second-order valence-corrected chi connectivity index (χ2v) is 9.51. The first kappa shape index (κ1) is 25.1. The Kier molecular flexibility index (Phi) is 9.61. The quantitative estimate of drug-likeness (QED) is 0.354. The molecule has 1 aliphatic carbocycles. The molecular formula is C26H40N4O3. The molecule has 1 aromatic heterocycles. The zero-order valence-corrected chi connectivity index (χ0v) is 20.0. The predicted octanol–water partition coefficient (Wildman–Crippen LogP) is 3.87. The van der Waals surface area contributed by atoms with Crippen molar-refractivity contribution >= 4 is 22.8 Å². The highest BCUT2D eigenvalue weighted by Crippen LogP contribution is 2.25. The Labute approximate surface area is 197 Å². The molecule has 0 aliphatic heterocycles. The monoisotopic (exact) mass is 456 g/mol. The van der Waals surface area contributed by atoms with E-state index in [1.54, 1.807) is 0 Å². The molecule has 0 radical (unpaired) electrons. The van der Waals surface area contributed by atoms with E-state index >= 15 is 0 Å². The Morgan fingerprint density at radius 1 is 1.15 bits per heavy atom. The van der Waals surface area contributed by atoms with Crippen molar-refractivity contribution in [2.45, 2.75) is 77.3 Å². The summed E-state index contributed by atoms with van der Waals surface area (Å²) in [5, 5.41) is 19.8. The number of amides is 3. The van der Waals surface area contributed by atoms with Crippen LogP contribution in [0, 0.1) is 11.8 Å². The molecule has 7 heteroatoms. The predicted molar refractivity (Wildman–Crippen MR) is 132 cm³/mol. The van der Waals surface area contributed by atoms with Gasteiger partial charge in [0.05, 0.1) is 12.6 Å². The summed E-state index contributed by atoms with van der Waals surface area (Å²) in [4.78, 5) is 28.8. The fourth-order valence-corrected chi connectivity index (χ4v) is 4.78. The Hall–Kier alpha value is -2.54. The molecular weight excluding hydrogens is 416 g/mol. The number of aromatic amines is 1. The van der Waals surface area contributed by atoms with Crippen molar-refractivity contribution in [2.75, 3.05) is 13.2 Å². The van der Waals surface area contributed by atoms with E-state index in [2.05, 4.69) is 20.9 Å². The smallest absolute Gasteiger partial charge is 0.315 e. The second-order valence-electron chi connectivity index (χ2n) is 9.51. The maximum absolute atomic E-state index is 13.1. The van der Waals surface area contributed by atoms with E-state index in [4.69, 9.17) is 0 Å². The molecule has 5 N–H and O–H groups in total. The third-order valence-corrected chi connectivity index (χ3v) is 7.05. The number of hydrogen-bond acceptors (Lipinski definition) is 3. The van der Waals surface area contributed by atoms with Crippen LogP contribution in [-0.4, -0.2) is 47.3 Å². The fourth-order valence-electron chi connectivity index (χ4n) is 4.78. The van der Waals surface area contributed by atoms with Crippen molar-refractivity contribution in [3.05, 3.63) is 36.0 Å². The lowest BCUT2D eigenvalue weighted by atomic mass is 9.87. The van der Waals surface area contributed by atoms with E-state index in [9.17, 15) is 14.7 Å². The molecule has 0 unspecified atom stereocenters. The van der Waals surface area contributed by atoms with Gasteiger partial charge < -0.3 is 26.0 Å². The molecule has 1 aromatic carbocycles. The van der Waals surface area contributed by atoms with Crippen molar-refractivity contribution in [2.24, 2.45) is 11.8 Å². The largest absolute Gasteiger partial charge is 0.394 e. The number of para-hydroxylation sites is 1. The van der Waals surface area contributed by atoms with Crippen LogP contribution < -0.4 is 16.0 Å². The third kappa shape index (κ3) is 7.22. The highest BCUT2D eigenvalue weighted by atomic mass is 16.3. The summed E-state index contributed by atoms with van der Waals surface area (Å²) < 4.78 is 0. The minimum absolute atomic E-state index is 0.0264. The zero-order valence-electron chi connectivity index (χ0n) is 20.0. The minimum Gasteiger partial charge on any atom is -0.394 e. The lowest BCUT2D eigenvalue weighted by molar-refractivity contribution is -0.125. The van der Waals surface area contributed by atoms with E-state index in [0.29, 0.717) is 18.9 Å². The number of aliphatic hydroxyl groups is 1. The average Bonchev–Trinajstić information content (AvgIpc) is 3.25. The highest BCUT2D eigenvalue weighted by molar-refractivity contribution is 5.87. The molecule has 0 spiro atoms. The molecule has 182 valence electrons. The van der Waals surface area contributed by atoms with Crippen molar-refractivity contribution in [1.82, 2.24) is 20.9 Å². The Balaban J connectivity index is 1.54. The molecule has 0 bridgehead atoms. The van der Waals surface area contributed by atoms with Crippen LogP contribution in [0.25, 0.3) is 10.9 Å². The van der Waals surface area contributed by atoms with Crippen LogP contribution in [0.1, 0.15) is 64.4 Å². The Bertz CT molecular complexity index is 891. The van der Waals surface area contributed by atoms with Crippen LogP contribution in [0.4, 0.5) is 4.79 Å². The summed E-state index contributed by atoms with van der Waals surface area (Å²) in [5.74, 6) is 0.412. The number of aliphatic hydroxyl groups excluding tert-OH is 1. The summed E-state index contributed by atoms with van der Waals surface area (Å²) in [6.45, 7) is 4.42. The third-order valence-electron chi connectivity index (χ3n) is 7.05. The first-order valence-corrected chi connectivity index (χ1v) is 12.5. The van der Waals surface area contributed by atoms with E-state index in [-0.39, 0.29) is 24.5 Å². The van der Waals surface area contributed by atoms with Crippen LogP contribution in [0.5, 0.6) is 0 Å². The number of carbonyl (C=O) groups is 2. The van der Waals surface area contributed by atoms with Crippen LogP contribution in [0.15, 0.2) is 30.5 Å². The first-order chi connectivity index (χ1) is 16.0. The molecule has 33 heavy (non-hydrogen) atoms. The summed E-state index contributed by atoms with van der Waals surface area (Å²) in [5.41, 5.74) is 2.07. The van der Waals surface area contributed by atoms with Crippen LogP contribution in [0.3, 0.4) is 0 Å². The van der Waals surface area contributed by atoms with Gasteiger partial charge in [-0.15, -0.1) is 0 Å². The molecule has 7 nitrogen and oxygen atoms in total. The van der Waals surface area contributed by atoms with Crippen LogP contribution >= 0.6 is 0 Å².